The maximum absolute atomic E-state index is 11.2. The van der Waals surface area contributed by atoms with Crippen LogP contribution in [0.25, 0.3) is 0 Å². The van der Waals surface area contributed by atoms with Crippen LogP contribution in [0.4, 0.5) is 0 Å². The fourth-order valence-corrected chi connectivity index (χ4v) is 0.361. The highest BCUT2D eigenvalue weighted by atomic mass is 32.2. The van der Waals surface area contributed by atoms with E-state index < -0.39 is 14.7 Å². The lowest BCUT2D eigenvalue weighted by molar-refractivity contribution is 0.659. The van der Waals surface area contributed by atoms with Gasteiger partial charge in [-0.2, -0.15) is 5.26 Å². The van der Waals surface area contributed by atoms with Crippen LogP contribution in [0.2, 0.25) is 0 Å². The summed E-state index contributed by atoms with van der Waals surface area (Å²) in [5.41, 5.74) is 0. The smallest absolute Gasteiger partial charge is 0.104 e. The number of thiol groups is 1. The quantitative estimate of drug-likeness (QED) is 0.551. The number of rotatable bonds is 1. The second-order valence-electron chi connectivity index (χ2n) is 3.02. The Hall–Kier alpha value is -0.360. The Morgan fingerprint density at radius 3 is 1.78 bits per heavy atom. The van der Waals surface area contributed by atoms with Gasteiger partial charge in [-0.3, -0.25) is 4.21 Å². The van der Waals surface area contributed by atoms with Crippen molar-refractivity contribution in [2.75, 3.05) is 12.5 Å². The molecule has 0 aromatic heterocycles. The minimum Gasteiger partial charge on any atom is -0.284 e. The van der Waals surface area contributed by atoms with E-state index in [1.54, 1.807) is 26.4 Å². The zero-order valence-electron chi connectivity index (χ0n) is 6.30. The van der Waals surface area contributed by atoms with Gasteiger partial charge in [-0.25, -0.2) is 0 Å². The lowest BCUT2D eigenvalue weighted by atomic mass is 10.2. The van der Waals surface area contributed by atoms with E-state index in [1.807, 2.05) is 6.07 Å². The topological polar surface area (TPSA) is 40.9 Å². The maximum atomic E-state index is 11.2. The van der Waals surface area contributed by atoms with Crippen LogP contribution in [0.3, 0.4) is 0 Å². The van der Waals surface area contributed by atoms with E-state index >= 15 is 0 Å². The summed E-state index contributed by atoms with van der Waals surface area (Å²) in [5, 5.41) is 8.51. The fraction of sp³-hybridized carbons (Fsp3) is 0.833. The van der Waals surface area contributed by atoms with Gasteiger partial charge < -0.3 is 0 Å². The number of nitriles is 1. The van der Waals surface area contributed by atoms with E-state index in [-0.39, 0.29) is 0 Å². The first-order chi connectivity index (χ1) is 3.81. The van der Waals surface area contributed by atoms with Crippen LogP contribution in [0.1, 0.15) is 13.8 Å². The molecular formula is C6H13NOS. The molecule has 0 bridgehead atoms. The van der Waals surface area contributed by atoms with Crippen molar-refractivity contribution in [3.63, 3.8) is 0 Å². The Balaban J connectivity index is 4.61. The van der Waals surface area contributed by atoms with Gasteiger partial charge in [0, 0.05) is 0 Å². The molecule has 0 spiro atoms. The number of nitrogens with zero attached hydrogens (tertiary/aromatic N) is 1. The zero-order chi connectivity index (χ0) is 7.71. The number of hydrogen-bond acceptors (Lipinski definition) is 2. The average Bonchev–Trinajstić information content (AvgIpc) is 1.64. The number of hydrogen-bond donors (Lipinski definition) is 1. The van der Waals surface area contributed by atoms with E-state index in [0.29, 0.717) is 0 Å². The van der Waals surface area contributed by atoms with Gasteiger partial charge in [0.05, 0.1) is 6.07 Å². The monoisotopic (exact) mass is 147 g/mol. The van der Waals surface area contributed by atoms with E-state index in [4.69, 9.17) is 5.26 Å². The molecule has 0 aliphatic rings. The van der Waals surface area contributed by atoms with Crippen molar-refractivity contribution in [3.8, 4) is 6.07 Å². The van der Waals surface area contributed by atoms with Gasteiger partial charge in [0.15, 0.2) is 0 Å². The average molecular weight is 147 g/mol. The van der Waals surface area contributed by atoms with Crippen LogP contribution in [-0.4, -0.2) is 21.5 Å². The summed E-state index contributed by atoms with van der Waals surface area (Å²) in [5.74, 6) is 0. The Labute approximate surface area is 57.3 Å². The van der Waals surface area contributed by atoms with Crippen LogP contribution in [-0.2, 0) is 9.93 Å². The summed E-state index contributed by atoms with van der Waals surface area (Å²) < 4.78 is 10.6. The van der Waals surface area contributed by atoms with Gasteiger partial charge >= 0.3 is 0 Å². The molecule has 0 aliphatic carbocycles. The molecule has 0 N–H and O–H groups in total. The molecule has 0 heterocycles. The molecule has 0 saturated heterocycles. The first kappa shape index (κ1) is 8.64. The van der Waals surface area contributed by atoms with Crippen molar-refractivity contribution in [3.05, 3.63) is 0 Å². The highest BCUT2D eigenvalue weighted by Crippen LogP contribution is 2.17. The molecule has 0 aliphatic heterocycles. The molecule has 2 nitrogen and oxygen atoms in total. The molecule has 3 heteroatoms. The molecule has 0 aromatic rings. The third-order valence-electron chi connectivity index (χ3n) is 1.62. The summed E-state index contributed by atoms with van der Waals surface area (Å²) in [6.45, 7) is 3.40. The molecule has 0 unspecified atom stereocenters. The van der Waals surface area contributed by atoms with Crippen molar-refractivity contribution in [2.24, 2.45) is 0 Å². The van der Waals surface area contributed by atoms with Crippen LogP contribution < -0.4 is 0 Å². The van der Waals surface area contributed by atoms with Crippen LogP contribution in [0.5, 0.6) is 0 Å². The van der Waals surface area contributed by atoms with Gasteiger partial charge in [-0.15, -0.1) is 0 Å². The molecule has 0 amide bonds. The Bertz CT molecular complexity index is 184. The molecule has 0 saturated carbocycles. The molecule has 0 atom stereocenters. The van der Waals surface area contributed by atoms with E-state index in [9.17, 15) is 4.21 Å². The van der Waals surface area contributed by atoms with Crippen molar-refractivity contribution in [1.29, 1.82) is 5.26 Å². The summed E-state index contributed by atoms with van der Waals surface area (Å²) in [6.07, 6.45) is 3.27. The maximum Gasteiger partial charge on any atom is 0.104 e. The largest absolute Gasteiger partial charge is 0.284 e. The minimum atomic E-state index is -2.23. The third kappa shape index (κ3) is 1.79. The van der Waals surface area contributed by atoms with E-state index in [0.717, 1.165) is 0 Å². The molecule has 0 radical (unpaired) electrons. The van der Waals surface area contributed by atoms with Crippen molar-refractivity contribution in [2.45, 2.75) is 18.6 Å². The first-order valence-electron chi connectivity index (χ1n) is 2.77. The van der Waals surface area contributed by atoms with Crippen molar-refractivity contribution in [1.82, 2.24) is 0 Å². The SMILES string of the molecule is CC(C)(C#N)[SH](C)(C)=O. The minimum absolute atomic E-state index is 0.660. The Morgan fingerprint density at radius 1 is 1.44 bits per heavy atom. The molecule has 9 heavy (non-hydrogen) atoms. The summed E-state index contributed by atoms with van der Waals surface area (Å²) >= 11 is 0. The summed E-state index contributed by atoms with van der Waals surface area (Å²) in [6, 6.07) is 2.02. The molecule has 0 aromatic carbocycles. The third-order valence-corrected chi connectivity index (χ3v) is 4.41. The Kier molecular flexibility index (Phi) is 2.02. The fourth-order valence-electron chi connectivity index (χ4n) is 0.120. The van der Waals surface area contributed by atoms with Crippen LogP contribution >= 0.6 is 0 Å². The van der Waals surface area contributed by atoms with Crippen molar-refractivity contribution < 1.29 is 4.21 Å². The highest BCUT2D eigenvalue weighted by Gasteiger charge is 2.26. The summed E-state index contributed by atoms with van der Waals surface area (Å²) in [7, 11) is -2.23. The van der Waals surface area contributed by atoms with E-state index in [2.05, 4.69) is 0 Å². The van der Waals surface area contributed by atoms with E-state index in [1.165, 1.54) is 0 Å². The molecular weight excluding hydrogens is 134 g/mol. The first-order valence-corrected chi connectivity index (χ1v) is 5.38. The van der Waals surface area contributed by atoms with Gasteiger partial charge in [-0.05, 0) is 26.4 Å². The second kappa shape index (κ2) is 2.11. The van der Waals surface area contributed by atoms with Gasteiger partial charge in [0.2, 0.25) is 0 Å². The zero-order valence-corrected chi connectivity index (χ0v) is 7.20. The lowest BCUT2D eigenvalue weighted by Crippen LogP contribution is -2.34. The Morgan fingerprint density at radius 2 is 1.78 bits per heavy atom. The molecule has 54 valence electrons. The molecule has 0 fully saturated rings. The summed E-state index contributed by atoms with van der Waals surface area (Å²) in [4.78, 5) is 0. The molecule has 0 rings (SSSR count). The highest BCUT2D eigenvalue weighted by molar-refractivity contribution is 8.03. The van der Waals surface area contributed by atoms with Crippen LogP contribution in [0.15, 0.2) is 0 Å². The normalized spacial score (nSPS) is 14.6. The standard InChI is InChI=1S/C6H13NOS/c1-6(2,5-7)9(3,4)8/h9H,1-4H3. The predicted octanol–water partition coefficient (Wildman–Crippen LogP) is 0.565. The predicted molar refractivity (Wildman–Crippen MR) is 41.1 cm³/mol. The lowest BCUT2D eigenvalue weighted by Gasteiger charge is -2.25. The second-order valence-corrected chi connectivity index (χ2v) is 6.84. The van der Waals surface area contributed by atoms with Crippen LogP contribution in [0, 0.1) is 11.3 Å². The van der Waals surface area contributed by atoms with Gasteiger partial charge in [0.1, 0.15) is 4.75 Å². The van der Waals surface area contributed by atoms with Gasteiger partial charge in [0.25, 0.3) is 0 Å². The van der Waals surface area contributed by atoms with Crippen molar-refractivity contribution >= 4 is 9.93 Å². The van der Waals surface area contributed by atoms with Gasteiger partial charge in [-0.1, -0.05) is 9.93 Å².